The maximum absolute atomic E-state index is 13.1. The van der Waals surface area contributed by atoms with E-state index < -0.39 is 0 Å². The molecular weight excluding hydrogens is 321 g/mol. The van der Waals surface area contributed by atoms with Crippen molar-refractivity contribution in [1.82, 2.24) is 15.5 Å². The third-order valence-corrected chi connectivity index (χ3v) is 4.03. The highest BCUT2D eigenvalue weighted by molar-refractivity contribution is 5.91. The second kappa shape index (κ2) is 9.32. The molecule has 25 heavy (non-hydrogen) atoms. The number of carbonyl (C=O) groups is 2. The molecule has 1 fully saturated rings. The number of rotatable bonds is 6. The second-order valence-electron chi connectivity index (χ2n) is 6.67. The summed E-state index contributed by atoms with van der Waals surface area (Å²) >= 11 is 0. The first-order valence-electron chi connectivity index (χ1n) is 8.68. The second-order valence-corrected chi connectivity index (χ2v) is 6.67. The van der Waals surface area contributed by atoms with Gasteiger partial charge in [-0.2, -0.15) is 0 Å². The number of hydrogen-bond acceptors (Lipinski definition) is 3. The zero-order valence-electron chi connectivity index (χ0n) is 14.8. The zero-order chi connectivity index (χ0) is 18.2. The van der Waals surface area contributed by atoms with Crippen LogP contribution in [-0.4, -0.2) is 48.4 Å². The number of hydrogen-bond donors (Lipinski definition) is 2. The van der Waals surface area contributed by atoms with E-state index in [-0.39, 0.29) is 29.7 Å². The van der Waals surface area contributed by atoms with Crippen LogP contribution in [0.2, 0.25) is 0 Å². The van der Waals surface area contributed by atoms with Crippen molar-refractivity contribution in [2.45, 2.75) is 38.8 Å². The van der Waals surface area contributed by atoms with Crippen LogP contribution in [0.1, 0.15) is 32.3 Å². The Balaban J connectivity index is 1.72. The van der Waals surface area contributed by atoms with Crippen LogP contribution in [-0.2, 0) is 9.59 Å². The predicted octanol–water partition coefficient (Wildman–Crippen LogP) is 1.94. The van der Waals surface area contributed by atoms with Gasteiger partial charge < -0.3 is 10.6 Å². The number of benzene rings is 1. The van der Waals surface area contributed by atoms with Crippen molar-refractivity contribution in [2.24, 2.45) is 0 Å². The lowest BCUT2D eigenvalue weighted by molar-refractivity contribution is -0.123. The Hall–Kier alpha value is -2.21. The summed E-state index contributed by atoms with van der Waals surface area (Å²) in [5.41, 5.74) is 0.654. The average Bonchev–Trinajstić information content (AvgIpc) is 2.54. The van der Waals surface area contributed by atoms with Crippen molar-refractivity contribution >= 4 is 17.9 Å². The number of nitrogens with zero attached hydrogens (tertiary/aromatic N) is 1. The SMILES string of the molecule is CC(C)NC(=O)CN1CCC(NC(=O)C=Cc2cccc(F)c2)CC1. The number of piperidine rings is 1. The molecule has 5 nitrogen and oxygen atoms in total. The van der Waals surface area contributed by atoms with Gasteiger partial charge in [-0.1, -0.05) is 12.1 Å². The van der Waals surface area contributed by atoms with Crippen LogP contribution < -0.4 is 10.6 Å². The summed E-state index contributed by atoms with van der Waals surface area (Å²) in [6.07, 6.45) is 4.66. The molecule has 1 aliphatic rings. The van der Waals surface area contributed by atoms with Crippen molar-refractivity contribution in [2.75, 3.05) is 19.6 Å². The van der Waals surface area contributed by atoms with E-state index in [4.69, 9.17) is 0 Å². The fourth-order valence-electron chi connectivity index (χ4n) is 2.84. The molecular formula is C19H26FN3O2. The molecule has 1 saturated heterocycles. The van der Waals surface area contributed by atoms with Crippen LogP contribution in [0.4, 0.5) is 4.39 Å². The van der Waals surface area contributed by atoms with Crippen molar-refractivity contribution in [3.63, 3.8) is 0 Å². The van der Waals surface area contributed by atoms with Crippen LogP contribution in [0.25, 0.3) is 6.08 Å². The largest absolute Gasteiger partial charge is 0.353 e. The zero-order valence-corrected chi connectivity index (χ0v) is 14.8. The molecule has 6 heteroatoms. The van der Waals surface area contributed by atoms with Gasteiger partial charge in [0, 0.05) is 31.2 Å². The third-order valence-electron chi connectivity index (χ3n) is 4.03. The van der Waals surface area contributed by atoms with Gasteiger partial charge in [0.1, 0.15) is 5.82 Å². The summed E-state index contributed by atoms with van der Waals surface area (Å²) in [5, 5.41) is 5.85. The monoisotopic (exact) mass is 347 g/mol. The number of amides is 2. The summed E-state index contributed by atoms with van der Waals surface area (Å²) < 4.78 is 13.1. The lowest BCUT2D eigenvalue weighted by Gasteiger charge is -2.31. The van der Waals surface area contributed by atoms with E-state index in [0.717, 1.165) is 25.9 Å². The van der Waals surface area contributed by atoms with Gasteiger partial charge in [-0.25, -0.2) is 4.39 Å². The van der Waals surface area contributed by atoms with Gasteiger partial charge in [0.25, 0.3) is 0 Å². The maximum Gasteiger partial charge on any atom is 0.244 e. The van der Waals surface area contributed by atoms with Crippen molar-refractivity contribution < 1.29 is 14.0 Å². The minimum Gasteiger partial charge on any atom is -0.353 e. The standard InChI is InChI=1S/C19H26FN3O2/c1-14(2)21-19(25)13-23-10-8-17(9-11-23)22-18(24)7-6-15-4-3-5-16(20)12-15/h3-7,12,14,17H,8-11,13H2,1-2H3,(H,21,25)(H,22,24). The molecule has 0 saturated carbocycles. The van der Waals surface area contributed by atoms with Gasteiger partial charge >= 0.3 is 0 Å². The molecule has 1 aliphatic heterocycles. The number of carbonyl (C=O) groups excluding carboxylic acids is 2. The first kappa shape index (κ1) is 19.1. The van der Waals surface area contributed by atoms with E-state index in [1.54, 1.807) is 18.2 Å². The van der Waals surface area contributed by atoms with Crippen LogP contribution in [0.15, 0.2) is 30.3 Å². The number of nitrogens with one attached hydrogen (secondary N) is 2. The molecule has 0 aromatic heterocycles. The Morgan fingerprint density at radius 2 is 2.04 bits per heavy atom. The average molecular weight is 347 g/mol. The third kappa shape index (κ3) is 7.05. The first-order chi connectivity index (χ1) is 11.9. The highest BCUT2D eigenvalue weighted by Crippen LogP contribution is 2.10. The molecule has 0 atom stereocenters. The van der Waals surface area contributed by atoms with Gasteiger partial charge in [0.2, 0.25) is 11.8 Å². The van der Waals surface area contributed by atoms with Crippen LogP contribution in [0.5, 0.6) is 0 Å². The summed E-state index contributed by atoms with van der Waals surface area (Å²) in [7, 11) is 0. The molecule has 0 spiro atoms. The lowest BCUT2D eigenvalue weighted by Crippen LogP contribution is -2.47. The molecule has 0 aliphatic carbocycles. The van der Waals surface area contributed by atoms with Crippen molar-refractivity contribution in [1.29, 1.82) is 0 Å². The molecule has 2 amide bonds. The summed E-state index contributed by atoms with van der Waals surface area (Å²) in [5.74, 6) is -0.466. The van der Waals surface area contributed by atoms with Crippen LogP contribution >= 0.6 is 0 Å². The van der Waals surface area contributed by atoms with Gasteiger partial charge in [0.15, 0.2) is 0 Å². The van der Waals surface area contributed by atoms with Gasteiger partial charge in [-0.3, -0.25) is 14.5 Å². The van der Waals surface area contributed by atoms with E-state index in [2.05, 4.69) is 15.5 Å². The van der Waals surface area contributed by atoms with E-state index >= 15 is 0 Å². The number of likely N-dealkylation sites (tertiary alicyclic amines) is 1. The molecule has 136 valence electrons. The molecule has 0 unspecified atom stereocenters. The van der Waals surface area contributed by atoms with E-state index in [1.807, 2.05) is 13.8 Å². The molecule has 2 rings (SSSR count). The lowest BCUT2D eigenvalue weighted by atomic mass is 10.0. The Morgan fingerprint density at radius 1 is 1.32 bits per heavy atom. The van der Waals surface area contributed by atoms with Gasteiger partial charge in [-0.15, -0.1) is 0 Å². The quantitative estimate of drug-likeness (QED) is 0.773. The molecule has 2 N–H and O–H groups in total. The molecule has 0 bridgehead atoms. The molecule has 1 heterocycles. The highest BCUT2D eigenvalue weighted by atomic mass is 19.1. The fourth-order valence-corrected chi connectivity index (χ4v) is 2.84. The smallest absolute Gasteiger partial charge is 0.244 e. The normalized spacial score (nSPS) is 16.3. The predicted molar refractivity (Wildman–Crippen MR) is 96.3 cm³/mol. The summed E-state index contributed by atoms with van der Waals surface area (Å²) in [4.78, 5) is 25.8. The Labute approximate surface area is 148 Å². The van der Waals surface area contributed by atoms with Crippen molar-refractivity contribution in [3.8, 4) is 0 Å². The summed E-state index contributed by atoms with van der Waals surface area (Å²) in [6.45, 7) is 5.85. The summed E-state index contributed by atoms with van der Waals surface area (Å²) in [6, 6.07) is 6.35. The van der Waals surface area contributed by atoms with Gasteiger partial charge in [-0.05, 0) is 50.5 Å². The topological polar surface area (TPSA) is 61.4 Å². The van der Waals surface area contributed by atoms with Crippen LogP contribution in [0.3, 0.4) is 0 Å². The van der Waals surface area contributed by atoms with Crippen molar-refractivity contribution in [3.05, 3.63) is 41.7 Å². The van der Waals surface area contributed by atoms with E-state index in [9.17, 15) is 14.0 Å². The van der Waals surface area contributed by atoms with Crippen LogP contribution in [0, 0.1) is 5.82 Å². The first-order valence-corrected chi connectivity index (χ1v) is 8.68. The Morgan fingerprint density at radius 3 is 2.68 bits per heavy atom. The maximum atomic E-state index is 13.1. The van der Waals surface area contributed by atoms with Gasteiger partial charge in [0.05, 0.1) is 6.54 Å². The minimum atomic E-state index is -0.323. The molecule has 1 aromatic rings. The molecule has 0 radical (unpaired) electrons. The van der Waals surface area contributed by atoms with E-state index in [1.165, 1.54) is 18.2 Å². The number of halogens is 1. The highest BCUT2D eigenvalue weighted by Gasteiger charge is 2.21. The fraction of sp³-hybridized carbons (Fsp3) is 0.474. The Bertz CT molecular complexity index is 623. The Kier molecular flexibility index (Phi) is 7.13. The molecule has 1 aromatic carbocycles. The minimum absolute atomic E-state index is 0.0375. The van der Waals surface area contributed by atoms with E-state index in [0.29, 0.717) is 12.1 Å².